The smallest absolute Gasteiger partial charge is 0.00105 e. The van der Waals surface area contributed by atoms with Gasteiger partial charge in [0, 0.05) is 6.54 Å². The minimum Gasteiger partial charge on any atom is -0.316 e. The third-order valence-electron chi connectivity index (χ3n) is 4.40. The molecule has 3 atom stereocenters. The summed E-state index contributed by atoms with van der Waals surface area (Å²) in [7, 11) is 0. The fourth-order valence-corrected chi connectivity index (χ4v) is 3.42. The van der Waals surface area contributed by atoms with Gasteiger partial charge < -0.3 is 5.32 Å². The Morgan fingerprint density at radius 3 is 2.77 bits per heavy atom. The summed E-state index contributed by atoms with van der Waals surface area (Å²) in [6.07, 6.45) is 7.27. The van der Waals surface area contributed by atoms with Crippen molar-refractivity contribution in [3.8, 4) is 0 Å². The minimum atomic E-state index is 0.677. The van der Waals surface area contributed by atoms with Crippen LogP contribution in [0.3, 0.4) is 0 Å². The molecule has 2 rings (SSSR count). The fourth-order valence-electron chi connectivity index (χ4n) is 3.42. The number of hydrogen-bond acceptors (Lipinski definition) is 1. The molecule has 1 heterocycles. The van der Waals surface area contributed by atoms with E-state index >= 15 is 0 Å². The number of rotatable bonds is 0. The molecule has 1 spiro atoms. The van der Waals surface area contributed by atoms with E-state index in [0.29, 0.717) is 5.41 Å². The Labute approximate surface area is 82.3 Å². The molecule has 0 aromatic rings. The molecule has 3 unspecified atom stereocenters. The Bertz CT molecular complexity index is 170. The second-order valence-corrected chi connectivity index (χ2v) is 5.43. The van der Waals surface area contributed by atoms with Gasteiger partial charge in [-0.05, 0) is 49.5 Å². The van der Waals surface area contributed by atoms with Crippen LogP contribution < -0.4 is 5.32 Å². The highest BCUT2D eigenvalue weighted by molar-refractivity contribution is 4.93. The van der Waals surface area contributed by atoms with Crippen molar-refractivity contribution in [2.45, 2.75) is 46.0 Å². The highest BCUT2D eigenvalue weighted by Crippen LogP contribution is 2.47. The lowest BCUT2D eigenvalue weighted by molar-refractivity contribution is 0.0470. The largest absolute Gasteiger partial charge is 0.316 e. The summed E-state index contributed by atoms with van der Waals surface area (Å²) in [5.74, 6) is 1.92. The Kier molecular flexibility index (Phi) is 2.64. The van der Waals surface area contributed by atoms with E-state index in [1.165, 1.54) is 45.2 Å². The summed E-state index contributed by atoms with van der Waals surface area (Å²) in [5.41, 5.74) is 0.677. The molecular formula is C12H23N. The molecule has 2 fully saturated rings. The first-order valence-electron chi connectivity index (χ1n) is 5.94. The van der Waals surface area contributed by atoms with E-state index in [1.54, 1.807) is 0 Å². The topological polar surface area (TPSA) is 12.0 Å². The summed E-state index contributed by atoms with van der Waals surface area (Å²) in [5, 5.41) is 3.60. The Morgan fingerprint density at radius 1 is 1.23 bits per heavy atom. The molecule has 1 aliphatic heterocycles. The lowest BCUT2D eigenvalue weighted by Crippen LogP contribution is -2.47. The molecule has 0 bridgehead atoms. The van der Waals surface area contributed by atoms with Crippen molar-refractivity contribution in [1.29, 1.82) is 0 Å². The van der Waals surface area contributed by atoms with Crippen molar-refractivity contribution in [2.24, 2.45) is 17.3 Å². The van der Waals surface area contributed by atoms with E-state index in [9.17, 15) is 0 Å². The van der Waals surface area contributed by atoms with Gasteiger partial charge in [0.15, 0.2) is 0 Å². The normalized spacial score (nSPS) is 46.6. The van der Waals surface area contributed by atoms with Gasteiger partial charge in [-0.15, -0.1) is 0 Å². The molecule has 0 radical (unpaired) electrons. The molecule has 1 saturated carbocycles. The van der Waals surface area contributed by atoms with E-state index in [-0.39, 0.29) is 0 Å². The van der Waals surface area contributed by atoms with E-state index in [1.807, 2.05) is 0 Å². The third-order valence-corrected chi connectivity index (χ3v) is 4.40. The lowest BCUT2D eigenvalue weighted by atomic mass is 9.61. The van der Waals surface area contributed by atoms with Gasteiger partial charge in [-0.3, -0.25) is 0 Å². The Balaban J connectivity index is 2.07. The Hall–Kier alpha value is -0.0400. The summed E-state index contributed by atoms with van der Waals surface area (Å²) >= 11 is 0. The van der Waals surface area contributed by atoms with E-state index < -0.39 is 0 Å². The van der Waals surface area contributed by atoms with Crippen molar-refractivity contribution < 1.29 is 0 Å². The van der Waals surface area contributed by atoms with Gasteiger partial charge in [0.25, 0.3) is 0 Å². The molecule has 1 nitrogen and oxygen atoms in total. The second kappa shape index (κ2) is 3.61. The standard InChI is InChI=1S/C12H23N/c1-10-4-5-11(2)12(8-10)6-3-7-13-9-12/h10-11,13H,3-9H2,1-2H3. The highest BCUT2D eigenvalue weighted by atomic mass is 14.9. The zero-order valence-electron chi connectivity index (χ0n) is 9.10. The molecular weight excluding hydrogens is 158 g/mol. The molecule has 2 aliphatic rings. The molecule has 0 aromatic carbocycles. The van der Waals surface area contributed by atoms with E-state index in [2.05, 4.69) is 19.2 Å². The maximum Gasteiger partial charge on any atom is 0.00105 e. The monoisotopic (exact) mass is 181 g/mol. The predicted octanol–water partition coefficient (Wildman–Crippen LogP) is 2.81. The third kappa shape index (κ3) is 1.76. The van der Waals surface area contributed by atoms with Crippen LogP contribution in [-0.2, 0) is 0 Å². The SMILES string of the molecule is CC1CCC(C)C2(CCCNC2)C1. The maximum atomic E-state index is 3.60. The molecule has 1 N–H and O–H groups in total. The molecule has 76 valence electrons. The Morgan fingerprint density at radius 2 is 2.08 bits per heavy atom. The van der Waals surface area contributed by atoms with Crippen LogP contribution in [0.5, 0.6) is 0 Å². The molecule has 1 saturated heterocycles. The molecule has 0 aromatic heterocycles. The first-order chi connectivity index (χ1) is 6.23. The van der Waals surface area contributed by atoms with Gasteiger partial charge in [0.1, 0.15) is 0 Å². The van der Waals surface area contributed by atoms with Crippen molar-refractivity contribution in [1.82, 2.24) is 5.32 Å². The van der Waals surface area contributed by atoms with Crippen LogP contribution in [0.2, 0.25) is 0 Å². The zero-order chi connectivity index (χ0) is 9.31. The molecule has 0 amide bonds. The van der Waals surface area contributed by atoms with Crippen molar-refractivity contribution in [3.63, 3.8) is 0 Å². The van der Waals surface area contributed by atoms with Gasteiger partial charge in [-0.2, -0.15) is 0 Å². The lowest BCUT2D eigenvalue weighted by Gasteiger charge is -2.48. The van der Waals surface area contributed by atoms with Crippen LogP contribution in [0.1, 0.15) is 46.0 Å². The van der Waals surface area contributed by atoms with E-state index in [4.69, 9.17) is 0 Å². The first-order valence-corrected chi connectivity index (χ1v) is 5.94. The van der Waals surface area contributed by atoms with Crippen LogP contribution >= 0.6 is 0 Å². The number of hydrogen-bond donors (Lipinski definition) is 1. The van der Waals surface area contributed by atoms with Gasteiger partial charge in [-0.25, -0.2) is 0 Å². The molecule has 13 heavy (non-hydrogen) atoms. The van der Waals surface area contributed by atoms with Crippen molar-refractivity contribution >= 4 is 0 Å². The first kappa shape index (κ1) is 9.51. The van der Waals surface area contributed by atoms with Gasteiger partial charge in [0.2, 0.25) is 0 Å². The van der Waals surface area contributed by atoms with Gasteiger partial charge >= 0.3 is 0 Å². The fraction of sp³-hybridized carbons (Fsp3) is 1.00. The predicted molar refractivity (Wildman–Crippen MR) is 56.7 cm³/mol. The highest BCUT2D eigenvalue weighted by Gasteiger charge is 2.40. The van der Waals surface area contributed by atoms with Gasteiger partial charge in [-0.1, -0.05) is 20.3 Å². The van der Waals surface area contributed by atoms with Crippen LogP contribution in [0.25, 0.3) is 0 Å². The quantitative estimate of drug-likeness (QED) is 0.606. The zero-order valence-corrected chi connectivity index (χ0v) is 9.10. The van der Waals surface area contributed by atoms with Crippen molar-refractivity contribution in [3.05, 3.63) is 0 Å². The number of piperidine rings is 1. The van der Waals surface area contributed by atoms with Crippen LogP contribution in [-0.4, -0.2) is 13.1 Å². The van der Waals surface area contributed by atoms with Gasteiger partial charge in [0.05, 0.1) is 0 Å². The van der Waals surface area contributed by atoms with Crippen LogP contribution in [0.4, 0.5) is 0 Å². The number of nitrogens with one attached hydrogen (secondary N) is 1. The summed E-state index contributed by atoms with van der Waals surface area (Å²) in [6.45, 7) is 7.45. The van der Waals surface area contributed by atoms with Crippen molar-refractivity contribution in [2.75, 3.05) is 13.1 Å². The summed E-state index contributed by atoms with van der Waals surface area (Å²) in [4.78, 5) is 0. The molecule has 1 aliphatic carbocycles. The summed E-state index contributed by atoms with van der Waals surface area (Å²) in [6, 6.07) is 0. The maximum absolute atomic E-state index is 3.60. The second-order valence-electron chi connectivity index (χ2n) is 5.43. The minimum absolute atomic E-state index is 0.677. The average molecular weight is 181 g/mol. The van der Waals surface area contributed by atoms with Crippen LogP contribution in [0.15, 0.2) is 0 Å². The summed E-state index contributed by atoms with van der Waals surface area (Å²) < 4.78 is 0. The molecule has 1 heteroatoms. The average Bonchev–Trinajstić information content (AvgIpc) is 2.14. The van der Waals surface area contributed by atoms with Crippen LogP contribution in [0, 0.1) is 17.3 Å². The van der Waals surface area contributed by atoms with E-state index in [0.717, 1.165) is 11.8 Å².